The molecule has 1 saturated carbocycles. The molecule has 1 aliphatic carbocycles. The molecule has 0 heterocycles. The lowest BCUT2D eigenvalue weighted by Crippen LogP contribution is -2.26. The average Bonchev–Trinajstić information content (AvgIpc) is 2.42. The van der Waals surface area contributed by atoms with Gasteiger partial charge in [-0.15, -0.1) is 0 Å². The molecular formula is C16H26O2. The van der Waals surface area contributed by atoms with Gasteiger partial charge in [0.05, 0.1) is 0 Å². The molecule has 0 bridgehead atoms. The molecule has 0 unspecified atom stereocenters. The van der Waals surface area contributed by atoms with Gasteiger partial charge in [-0.05, 0) is 38.5 Å². The molecule has 0 aliphatic heterocycles. The predicted octanol–water partition coefficient (Wildman–Crippen LogP) is 3.94. The Morgan fingerprint density at radius 2 is 1.11 bits per heavy atom. The van der Waals surface area contributed by atoms with Gasteiger partial charge in [0.1, 0.15) is 11.6 Å². The molecule has 0 N–H and O–H groups in total. The van der Waals surface area contributed by atoms with Crippen molar-refractivity contribution < 1.29 is 9.59 Å². The topological polar surface area (TPSA) is 34.1 Å². The van der Waals surface area contributed by atoms with E-state index < -0.39 is 0 Å². The number of carbonyl (C=O) groups excluding carboxylic acids is 2. The molecule has 0 spiro atoms. The largest absolute Gasteiger partial charge is 0.299 e. The number of ketones is 2. The Balaban J connectivity index is 2.27. The normalized spacial score (nSPS) is 23.9. The SMILES string of the molecule is [CH2]CCCC(=O)C1CCC(C(=O)CCC[CH2])CC1. The van der Waals surface area contributed by atoms with Crippen LogP contribution in [-0.4, -0.2) is 11.6 Å². The first-order chi connectivity index (χ1) is 8.69. The maximum Gasteiger partial charge on any atom is 0.135 e. The molecule has 0 aromatic carbocycles. The van der Waals surface area contributed by atoms with Crippen molar-refractivity contribution in [3.05, 3.63) is 13.8 Å². The van der Waals surface area contributed by atoms with Crippen molar-refractivity contribution in [3.8, 4) is 0 Å². The van der Waals surface area contributed by atoms with Gasteiger partial charge in [-0.1, -0.05) is 26.7 Å². The second-order valence-corrected chi connectivity index (χ2v) is 5.40. The van der Waals surface area contributed by atoms with Crippen LogP contribution in [0.3, 0.4) is 0 Å². The van der Waals surface area contributed by atoms with Crippen molar-refractivity contribution in [2.45, 2.75) is 64.2 Å². The zero-order valence-electron chi connectivity index (χ0n) is 11.5. The number of Topliss-reactive ketones (excluding diaryl/α,β-unsaturated/α-hetero) is 2. The van der Waals surface area contributed by atoms with E-state index in [2.05, 4.69) is 13.8 Å². The van der Waals surface area contributed by atoms with Crippen molar-refractivity contribution in [2.75, 3.05) is 0 Å². The first kappa shape index (κ1) is 15.4. The van der Waals surface area contributed by atoms with E-state index in [1.54, 1.807) is 0 Å². The fourth-order valence-corrected chi connectivity index (χ4v) is 2.74. The van der Waals surface area contributed by atoms with Crippen molar-refractivity contribution >= 4 is 11.6 Å². The third-order valence-electron chi connectivity index (χ3n) is 3.98. The van der Waals surface area contributed by atoms with Crippen LogP contribution in [0.2, 0.25) is 0 Å². The fourth-order valence-electron chi connectivity index (χ4n) is 2.74. The first-order valence-corrected chi connectivity index (χ1v) is 7.33. The molecule has 0 aromatic rings. The summed E-state index contributed by atoms with van der Waals surface area (Å²) in [6.07, 6.45) is 8.49. The molecule has 2 heteroatoms. The molecule has 102 valence electrons. The Morgan fingerprint density at radius 1 is 0.778 bits per heavy atom. The molecule has 1 rings (SSSR count). The summed E-state index contributed by atoms with van der Waals surface area (Å²) in [7, 11) is 0. The summed E-state index contributed by atoms with van der Waals surface area (Å²) in [5.41, 5.74) is 0. The van der Waals surface area contributed by atoms with E-state index in [9.17, 15) is 9.59 Å². The summed E-state index contributed by atoms with van der Waals surface area (Å²) in [6.45, 7) is 7.53. The highest BCUT2D eigenvalue weighted by atomic mass is 16.1. The minimum Gasteiger partial charge on any atom is -0.299 e. The predicted molar refractivity (Wildman–Crippen MR) is 73.9 cm³/mol. The van der Waals surface area contributed by atoms with Gasteiger partial charge < -0.3 is 0 Å². The van der Waals surface area contributed by atoms with Crippen LogP contribution in [0, 0.1) is 25.7 Å². The summed E-state index contributed by atoms with van der Waals surface area (Å²) in [4.78, 5) is 23.8. The maximum atomic E-state index is 11.9. The molecule has 18 heavy (non-hydrogen) atoms. The van der Waals surface area contributed by atoms with E-state index in [0.29, 0.717) is 24.4 Å². The highest BCUT2D eigenvalue weighted by molar-refractivity contribution is 5.83. The third kappa shape index (κ3) is 4.91. The summed E-state index contributed by atoms with van der Waals surface area (Å²) >= 11 is 0. The highest BCUT2D eigenvalue weighted by Crippen LogP contribution is 2.31. The molecule has 0 amide bonds. The quantitative estimate of drug-likeness (QED) is 0.654. The third-order valence-corrected chi connectivity index (χ3v) is 3.98. The van der Waals surface area contributed by atoms with Crippen LogP contribution >= 0.6 is 0 Å². The molecule has 0 saturated heterocycles. The Morgan fingerprint density at radius 3 is 1.39 bits per heavy atom. The smallest absolute Gasteiger partial charge is 0.135 e. The monoisotopic (exact) mass is 250 g/mol. The lowest BCUT2D eigenvalue weighted by molar-refractivity contribution is -0.128. The van der Waals surface area contributed by atoms with Crippen molar-refractivity contribution in [1.29, 1.82) is 0 Å². The molecule has 0 aromatic heterocycles. The minimum absolute atomic E-state index is 0.216. The average molecular weight is 250 g/mol. The van der Waals surface area contributed by atoms with E-state index >= 15 is 0 Å². The number of hydrogen-bond donors (Lipinski definition) is 0. The number of carbonyl (C=O) groups is 2. The van der Waals surface area contributed by atoms with E-state index in [1.807, 2.05) is 0 Å². The van der Waals surface area contributed by atoms with Gasteiger partial charge in [0.15, 0.2) is 0 Å². The lowest BCUT2D eigenvalue weighted by Gasteiger charge is -2.26. The molecular weight excluding hydrogens is 224 g/mol. The second kappa shape index (κ2) is 8.44. The van der Waals surface area contributed by atoms with Crippen LogP contribution in [0.5, 0.6) is 0 Å². The van der Waals surface area contributed by atoms with Crippen LogP contribution in [0.4, 0.5) is 0 Å². The molecule has 1 fully saturated rings. The van der Waals surface area contributed by atoms with Gasteiger partial charge in [0.2, 0.25) is 0 Å². The summed E-state index contributed by atoms with van der Waals surface area (Å²) in [5.74, 6) is 1.21. The minimum atomic E-state index is 0.216. The summed E-state index contributed by atoms with van der Waals surface area (Å²) in [5, 5.41) is 0. The van der Waals surface area contributed by atoms with Crippen LogP contribution < -0.4 is 0 Å². The van der Waals surface area contributed by atoms with Gasteiger partial charge >= 0.3 is 0 Å². The van der Waals surface area contributed by atoms with E-state index in [-0.39, 0.29) is 11.8 Å². The van der Waals surface area contributed by atoms with E-state index in [4.69, 9.17) is 0 Å². The van der Waals surface area contributed by atoms with Gasteiger partial charge in [-0.2, -0.15) is 0 Å². The number of unbranched alkanes of at least 4 members (excludes halogenated alkanes) is 2. The van der Waals surface area contributed by atoms with Crippen LogP contribution in [0.25, 0.3) is 0 Å². The summed E-state index contributed by atoms with van der Waals surface area (Å²) in [6, 6.07) is 0. The number of rotatable bonds is 8. The second-order valence-electron chi connectivity index (χ2n) is 5.40. The summed E-state index contributed by atoms with van der Waals surface area (Å²) < 4.78 is 0. The Hall–Kier alpha value is -0.660. The Kier molecular flexibility index (Phi) is 7.22. The first-order valence-electron chi connectivity index (χ1n) is 7.33. The molecule has 1 aliphatic rings. The zero-order chi connectivity index (χ0) is 13.4. The molecule has 2 radical (unpaired) electrons. The zero-order valence-corrected chi connectivity index (χ0v) is 11.5. The standard InChI is InChI=1S/C16H26O2/c1-3-5-7-15(17)13-9-11-14(12-10-13)16(18)8-6-4-2/h13-14H,1-12H2. The van der Waals surface area contributed by atoms with Gasteiger partial charge in [0, 0.05) is 24.7 Å². The van der Waals surface area contributed by atoms with Gasteiger partial charge in [0.25, 0.3) is 0 Å². The van der Waals surface area contributed by atoms with E-state index in [1.165, 1.54) is 0 Å². The lowest BCUT2D eigenvalue weighted by atomic mass is 9.77. The number of hydrogen-bond acceptors (Lipinski definition) is 2. The Bertz CT molecular complexity index is 234. The van der Waals surface area contributed by atoms with Crippen LogP contribution in [0.1, 0.15) is 64.2 Å². The fraction of sp³-hybridized carbons (Fsp3) is 0.750. The Labute approximate surface area is 112 Å². The molecule has 0 atom stereocenters. The van der Waals surface area contributed by atoms with Crippen molar-refractivity contribution in [2.24, 2.45) is 11.8 Å². The van der Waals surface area contributed by atoms with E-state index in [0.717, 1.165) is 51.4 Å². The van der Waals surface area contributed by atoms with Gasteiger partial charge in [-0.25, -0.2) is 0 Å². The van der Waals surface area contributed by atoms with Gasteiger partial charge in [-0.3, -0.25) is 9.59 Å². The van der Waals surface area contributed by atoms with Crippen molar-refractivity contribution in [3.63, 3.8) is 0 Å². The molecule has 2 nitrogen and oxygen atoms in total. The van der Waals surface area contributed by atoms with Crippen molar-refractivity contribution in [1.82, 2.24) is 0 Å². The maximum absolute atomic E-state index is 11.9. The highest BCUT2D eigenvalue weighted by Gasteiger charge is 2.28. The van der Waals surface area contributed by atoms with Crippen LogP contribution in [0.15, 0.2) is 0 Å². The van der Waals surface area contributed by atoms with Crippen LogP contribution in [-0.2, 0) is 9.59 Å².